The number of nitrogens with one attached hydrogen (secondary N) is 3. The molecule has 2 fully saturated rings. The van der Waals surface area contributed by atoms with Gasteiger partial charge in [-0.25, -0.2) is 9.97 Å². The van der Waals surface area contributed by atoms with Crippen LogP contribution < -0.4 is 16.0 Å². The van der Waals surface area contributed by atoms with Gasteiger partial charge in [0.25, 0.3) is 0 Å². The number of carbonyl (C=O) groups is 2. The summed E-state index contributed by atoms with van der Waals surface area (Å²) < 4.78 is 77.1. The van der Waals surface area contributed by atoms with Crippen molar-refractivity contribution in [3.8, 4) is 0 Å². The summed E-state index contributed by atoms with van der Waals surface area (Å²) in [4.78, 5) is 34.0. The van der Waals surface area contributed by atoms with Crippen molar-refractivity contribution in [2.45, 2.75) is 69.5 Å². The molecule has 2 heterocycles. The van der Waals surface area contributed by atoms with Crippen molar-refractivity contribution in [1.82, 2.24) is 25.5 Å². The van der Waals surface area contributed by atoms with Crippen LogP contribution in [0.1, 0.15) is 44.6 Å². The third kappa shape index (κ3) is 7.08. The summed E-state index contributed by atoms with van der Waals surface area (Å²) in [5.74, 6) is -2.10. The number of anilines is 1. The van der Waals surface area contributed by atoms with Gasteiger partial charge in [0.15, 0.2) is 0 Å². The average Bonchev–Trinajstić information content (AvgIpc) is 2.86. The lowest BCUT2D eigenvalue weighted by Gasteiger charge is -2.47. The van der Waals surface area contributed by atoms with Gasteiger partial charge >= 0.3 is 18.3 Å². The molecular weight excluding hydrogens is 530 g/mol. The van der Waals surface area contributed by atoms with E-state index >= 15 is 0 Å². The summed E-state index contributed by atoms with van der Waals surface area (Å²) in [6.07, 6.45) is -4.76. The molecule has 1 atom stereocenters. The predicted octanol–water partition coefficient (Wildman–Crippen LogP) is 3.88. The molecule has 2 aliphatic rings. The van der Waals surface area contributed by atoms with Gasteiger partial charge in [-0.2, -0.15) is 26.3 Å². The van der Waals surface area contributed by atoms with E-state index in [0.29, 0.717) is 37.9 Å². The van der Waals surface area contributed by atoms with Gasteiger partial charge in [0, 0.05) is 30.6 Å². The van der Waals surface area contributed by atoms with E-state index in [1.54, 1.807) is 6.92 Å². The van der Waals surface area contributed by atoms with Crippen molar-refractivity contribution in [3.63, 3.8) is 0 Å². The maximum atomic E-state index is 13.1. The Morgan fingerprint density at radius 3 is 2.36 bits per heavy atom. The Hall–Kier alpha value is -3.16. The number of carbonyl (C=O) groups excluding carboxylic acids is 2. The molecule has 1 aromatic heterocycles. The minimum atomic E-state index is -4.89. The molecule has 1 aromatic carbocycles. The molecule has 2 amide bonds. The number of alkyl halides is 6. The van der Waals surface area contributed by atoms with Crippen LogP contribution in [0, 0.1) is 5.92 Å². The van der Waals surface area contributed by atoms with Crippen LogP contribution in [0.25, 0.3) is 10.9 Å². The third-order valence-corrected chi connectivity index (χ3v) is 7.49. The Morgan fingerprint density at radius 2 is 1.74 bits per heavy atom. The van der Waals surface area contributed by atoms with Crippen LogP contribution in [0.5, 0.6) is 0 Å². The molecule has 1 aliphatic carbocycles. The highest BCUT2D eigenvalue weighted by Crippen LogP contribution is 2.34. The van der Waals surface area contributed by atoms with Gasteiger partial charge in [-0.1, -0.05) is 6.92 Å². The Morgan fingerprint density at radius 1 is 1.05 bits per heavy atom. The standard InChI is InChI=1S/C25H30F6N6O2/c1-2-19(36-23(39)25(29,30)31)14-3-6-17(7-4-14)37-11-16(12-37)35-21(38)10-32-22-18-9-15(24(26,27)28)5-8-20(18)33-13-34-22/h5,8-9,13-14,16-17,19H,2-4,6-7,10-12H2,1H3,(H,35,38)(H,36,39)(H,32,33,34)/t14?,17?,19-/m0/s1. The fourth-order valence-electron chi connectivity index (χ4n) is 5.39. The van der Waals surface area contributed by atoms with Crippen LogP contribution in [0.2, 0.25) is 0 Å². The van der Waals surface area contributed by atoms with Crippen LogP contribution in [-0.2, 0) is 15.8 Å². The molecule has 2 aromatic rings. The number of hydrogen-bond acceptors (Lipinski definition) is 6. The third-order valence-electron chi connectivity index (χ3n) is 7.49. The summed E-state index contributed by atoms with van der Waals surface area (Å²) >= 11 is 0. The van der Waals surface area contributed by atoms with Gasteiger partial charge in [-0.05, 0) is 56.2 Å². The molecule has 8 nitrogen and oxygen atoms in total. The van der Waals surface area contributed by atoms with E-state index in [-0.39, 0.29) is 41.7 Å². The van der Waals surface area contributed by atoms with Crippen LogP contribution in [-0.4, -0.2) is 70.6 Å². The van der Waals surface area contributed by atoms with Gasteiger partial charge in [0.2, 0.25) is 5.91 Å². The minimum Gasteiger partial charge on any atom is -0.360 e. The largest absolute Gasteiger partial charge is 0.471 e. The van der Waals surface area contributed by atoms with E-state index < -0.39 is 29.9 Å². The monoisotopic (exact) mass is 560 g/mol. The van der Waals surface area contributed by atoms with E-state index in [4.69, 9.17) is 0 Å². The van der Waals surface area contributed by atoms with Crippen molar-refractivity contribution >= 4 is 28.5 Å². The smallest absolute Gasteiger partial charge is 0.360 e. The second-order valence-corrected chi connectivity index (χ2v) is 10.1. The lowest BCUT2D eigenvalue weighted by Crippen LogP contribution is -2.63. The molecule has 14 heteroatoms. The highest BCUT2D eigenvalue weighted by atomic mass is 19.4. The zero-order valence-electron chi connectivity index (χ0n) is 21.2. The molecule has 1 aliphatic heterocycles. The molecule has 0 bridgehead atoms. The number of nitrogens with zero attached hydrogens (tertiary/aromatic N) is 3. The van der Waals surface area contributed by atoms with Crippen LogP contribution >= 0.6 is 0 Å². The summed E-state index contributed by atoms with van der Waals surface area (Å²) in [5.41, 5.74) is -0.518. The fraction of sp³-hybridized carbons (Fsp3) is 0.600. The van der Waals surface area contributed by atoms with Gasteiger partial charge in [-0.3, -0.25) is 14.5 Å². The first kappa shape index (κ1) is 28.8. The molecule has 1 saturated carbocycles. The number of hydrogen-bond donors (Lipinski definition) is 3. The van der Waals surface area contributed by atoms with E-state index in [2.05, 4.69) is 30.8 Å². The maximum Gasteiger partial charge on any atom is 0.471 e. The average molecular weight is 561 g/mol. The van der Waals surface area contributed by atoms with Gasteiger partial charge in [0.05, 0.1) is 23.7 Å². The molecule has 3 N–H and O–H groups in total. The lowest BCUT2D eigenvalue weighted by atomic mass is 9.79. The van der Waals surface area contributed by atoms with E-state index in [1.165, 1.54) is 12.4 Å². The first-order valence-corrected chi connectivity index (χ1v) is 12.8. The number of fused-ring (bicyclic) bond motifs is 1. The summed E-state index contributed by atoms with van der Waals surface area (Å²) in [7, 11) is 0. The number of benzene rings is 1. The van der Waals surface area contributed by atoms with Crippen molar-refractivity contribution in [2.24, 2.45) is 5.92 Å². The normalized spacial score (nSPS) is 21.7. The van der Waals surface area contributed by atoms with E-state index in [1.807, 2.05) is 0 Å². The van der Waals surface area contributed by atoms with E-state index in [0.717, 1.165) is 25.0 Å². The van der Waals surface area contributed by atoms with Crippen molar-refractivity contribution < 1.29 is 35.9 Å². The number of rotatable bonds is 8. The Bertz CT molecular complexity index is 1180. The van der Waals surface area contributed by atoms with Gasteiger partial charge in [-0.15, -0.1) is 0 Å². The van der Waals surface area contributed by atoms with Crippen LogP contribution in [0.3, 0.4) is 0 Å². The van der Waals surface area contributed by atoms with Crippen LogP contribution in [0.4, 0.5) is 32.2 Å². The lowest BCUT2D eigenvalue weighted by molar-refractivity contribution is -0.174. The summed E-state index contributed by atoms with van der Waals surface area (Å²) in [6.45, 7) is 2.85. The number of halogens is 6. The fourth-order valence-corrected chi connectivity index (χ4v) is 5.39. The highest BCUT2D eigenvalue weighted by Gasteiger charge is 2.42. The first-order chi connectivity index (χ1) is 18.3. The number of amides is 2. The van der Waals surface area contributed by atoms with Crippen LogP contribution in [0.15, 0.2) is 24.5 Å². The van der Waals surface area contributed by atoms with Crippen molar-refractivity contribution in [2.75, 3.05) is 25.0 Å². The Labute approximate surface area is 220 Å². The molecule has 4 rings (SSSR count). The van der Waals surface area contributed by atoms with Crippen molar-refractivity contribution in [3.05, 3.63) is 30.1 Å². The quantitative estimate of drug-likeness (QED) is 0.424. The summed E-state index contributed by atoms with van der Waals surface area (Å²) in [5, 5.41) is 7.98. The summed E-state index contributed by atoms with van der Waals surface area (Å²) in [6, 6.07) is 2.81. The molecule has 39 heavy (non-hydrogen) atoms. The van der Waals surface area contributed by atoms with E-state index in [9.17, 15) is 35.9 Å². The van der Waals surface area contributed by atoms with Gasteiger partial charge < -0.3 is 16.0 Å². The zero-order chi connectivity index (χ0) is 28.4. The molecule has 0 radical (unpaired) electrons. The Balaban J connectivity index is 1.21. The molecule has 0 unspecified atom stereocenters. The second kappa shape index (κ2) is 11.5. The predicted molar refractivity (Wildman–Crippen MR) is 131 cm³/mol. The first-order valence-electron chi connectivity index (χ1n) is 12.8. The number of likely N-dealkylation sites (tertiary alicyclic amines) is 1. The van der Waals surface area contributed by atoms with Gasteiger partial charge in [0.1, 0.15) is 12.1 Å². The zero-order valence-corrected chi connectivity index (χ0v) is 21.2. The van der Waals surface area contributed by atoms with Crippen molar-refractivity contribution in [1.29, 1.82) is 0 Å². The number of aromatic nitrogens is 2. The maximum absolute atomic E-state index is 13.1. The molecule has 1 saturated heterocycles. The minimum absolute atomic E-state index is 0.00881. The molecular formula is C25H30F6N6O2. The molecule has 214 valence electrons. The second-order valence-electron chi connectivity index (χ2n) is 10.1. The molecule has 0 spiro atoms. The highest BCUT2D eigenvalue weighted by molar-refractivity contribution is 5.91. The topological polar surface area (TPSA) is 99.2 Å². The Kier molecular flexibility index (Phi) is 8.52. The SMILES string of the molecule is CC[C@H](NC(=O)C(F)(F)F)C1CCC(N2CC(NC(=O)CNc3ncnc4ccc(C(F)(F)F)cc34)C2)CC1.